The van der Waals surface area contributed by atoms with Gasteiger partial charge in [-0.1, -0.05) is 27.7 Å². The van der Waals surface area contributed by atoms with Crippen LogP contribution in [0.3, 0.4) is 0 Å². The van der Waals surface area contributed by atoms with Crippen LogP contribution in [0.4, 0.5) is 0 Å². The van der Waals surface area contributed by atoms with Crippen LogP contribution in [0, 0.1) is 11.8 Å². The van der Waals surface area contributed by atoms with E-state index in [1.165, 1.54) is 0 Å². The Morgan fingerprint density at radius 2 is 0.857 bits per heavy atom. The summed E-state index contributed by atoms with van der Waals surface area (Å²) < 4.78 is 6.49. The average Bonchev–Trinajstić information content (AvgIpc) is 2.63. The molecule has 0 saturated carbocycles. The maximum atomic E-state index is 10.3. The molecule has 2 unspecified atom stereocenters. The molecule has 0 fully saturated rings. The summed E-state index contributed by atoms with van der Waals surface area (Å²) in [6.07, 6.45) is 0. The summed E-state index contributed by atoms with van der Waals surface area (Å²) in [4.78, 5) is 3.33. The number of aliphatic hydroxyl groups is 6. The second-order valence-electron chi connectivity index (χ2n) is 7.29. The predicted molar refractivity (Wildman–Crippen MR) is 102 cm³/mol. The van der Waals surface area contributed by atoms with E-state index in [4.69, 9.17) is 4.74 Å². The fourth-order valence-electron chi connectivity index (χ4n) is 3.49. The molecule has 0 aromatic rings. The largest absolute Gasteiger partial charge is 0.395 e. The Kier molecular flexibility index (Phi) is 16.6. The molecule has 0 amide bonds. The van der Waals surface area contributed by atoms with E-state index in [9.17, 15) is 30.6 Å². The van der Waals surface area contributed by atoms with E-state index in [1.54, 1.807) is 9.80 Å². The molecule has 168 valence electrons. The van der Waals surface area contributed by atoms with E-state index in [1.807, 2.05) is 27.7 Å². The first-order chi connectivity index (χ1) is 12.8. The third kappa shape index (κ3) is 7.25. The van der Waals surface area contributed by atoms with Gasteiger partial charge in [0.2, 0.25) is 0 Å². The number of ether oxygens (including phenoxy) is 1. The van der Waals surface area contributed by atoms with Crippen molar-refractivity contribution in [3.05, 3.63) is 0 Å². The van der Waals surface area contributed by atoms with Crippen molar-refractivity contribution >= 4 is 0 Å². The second kappa shape index (κ2) is 15.2. The van der Waals surface area contributed by atoms with E-state index in [0.29, 0.717) is 0 Å². The number of aliphatic hydroxyl groups excluding tert-OH is 6. The van der Waals surface area contributed by atoms with Crippen LogP contribution in [0.15, 0.2) is 0 Å². The minimum atomic E-state index is -1.29. The maximum Gasteiger partial charge on any atom is 0.149 e. The molecule has 0 aliphatic rings. The molecule has 0 heterocycles. The summed E-state index contributed by atoms with van der Waals surface area (Å²) in [5.74, 6) is -0.509. The Morgan fingerprint density at radius 3 is 1.00 bits per heavy atom. The van der Waals surface area contributed by atoms with Gasteiger partial charge in [0.05, 0.1) is 39.6 Å². The topological polar surface area (TPSA) is 137 Å². The van der Waals surface area contributed by atoms with Crippen LogP contribution in [0.5, 0.6) is 0 Å². The van der Waals surface area contributed by atoms with Gasteiger partial charge in [-0.05, 0) is 11.8 Å². The molecule has 0 bridgehead atoms. The van der Waals surface area contributed by atoms with Gasteiger partial charge < -0.3 is 35.4 Å². The van der Waals surface area contributed by atoms with Crippen molar-refractivity contribution in [2.45, 2.75) is 39.1 Å². The van der Waals surface area contributed by atoms with Crippen molar-refractivity contribution in [3.63, 3.8) is 0 Å². The summed E-state index contributed by atoms with van der Waals surface area (Å²) in [7, 11) is 0. The molecule has 0 aliphatic heterocycles. The number of hydrogen-bond donors (Lipinski definition) is 6. The summed E-state index contributed by atoms with van der Waals surface area (Å²) in [6.45, 7) is 6.44. The SMILES string of the molecule is CC(C)C(CO)(OC(CO)(C(C)C)N(CCO)CCO)N(CCO)CCO.[Ti]. The molecule has 0 rings (SSSR count). The predicted octanol–water partition coefficient (Wildman–Crippen LogP) is -1.74. The van der Waals surface area contributed by atoms with Crippen molar-refractivity contribution in [2.75, 3.05) is 65.8 Å². The first-order valence-electron chi connectivity index (χ1n) is 9.61. The molecule has 28 heavy (non-hydrogen) atoms. The van der Waals surface area contributed by atoms with Crippen molar-refractivity contribution in [1.82, 2.24) is 9.80 Å². The van der Waals surface area contributed by atoms with Crippen molar-refractivity contribution < 1.29 is 57.1 Å². The van der Waals surface area contributed by atoms with Gasteiger partial charge in [0.1, 0.15) is 11.4 Å². The zero-order valence-electron chi connectivity index (χ0n) is 17.7. The van der Waals surface area contributed by atoms with Crippen molar-refractivity contribution in [3.8, 4) is 0 Å². The standard InChI is InChI=1S/C18H40N2O7.Ti/c1-15(2)17(13-25,19(5-9-21)6-10-22)27-18(14-26,16(3)4)20(7-11-23)8-12-24;/h15-16,21-26H,5-14H2,1-4H3;. The van der Waals surface area contributed by atoms with Gasteiger partial charge in [0.25, 0.3) is 0 Å². The first-order valence-corrected chi connectivity index (χ1v) is 9.61. The average molecular weight is 444 g/mol. The van der Waals surface area contributed by atoms with Gasteiger partial charge in [-0.2, -0.15) is 0 Å². The van der Waals surface area contributed by atoms with Crippen molar-refractivity contribution in [2.24, 2.45) is 11.8 Å². The molecular formula is C18H40N2O7Ti. The Balaban J connectivity index is 0. The van der Waals surface area contributed by atoms with Gasteiger partial charge >= 0.3 is 0 Å². The van der Waals surface area contributed by atoms with Gasteiger partial charge in [-0.15, -0.1) is 0 Å². The molecule has 0 saturated heterocycles. The van der Waals surface area contributed by atoms with Crippen LogP contribution in [0.1, 0.15) is 27.7 Å². The van der Waals surface area contributed by atoms with Crippen LogP contribution < -0.4 is 0 Å². The van der Waals surface area contributed by atoms with Crippen LogP contribution in [-0.4, -0.2) is 118 Å². The molecule has 0 radical (unpaired) electrons. The second-order valence-corrected chi connectivity index (χ2v) is 7.29. The summed E-state index contributed by atoms with van der Waals surface area (Å²) in [6, 6.07) is 0. The van der Waals surface area contributed by atoms with Crippen LogP contribution >= 0.6 is 0 Å². The molecule has 6 N–H and O–H groups in total. The molecule has 0 aromatic heterocycles. The normalized spacial score (nSPS) is 16.5. The summed E-state index contributed by atoms with van der Waals surface area (Å²) in [5.41, 5.74) is -2.58. The first kappa shape index (κ1) is 30.5. The summed E-state index contributed by atoms with van der Waals surface area (Å²) in [5, 5.41) is 58.5. The van der Waals surface area contributed by atoms with Gasteiger partial charge in [-0.3, -0.25) is 9.80 Å². The van der Waals surface area contributed by atoms with E-state index in [0.717, 1.165) is 0 Å². The molecular weight excluding hydrogens is 404 g/mol. The Morgan fingerprint density at radius 1 is 0.607 bits per heavy atom. The third-order valence-corrected chi connectivity index (χ3v) is 5.16. The minimum Gasteiger partial charge on any atom is -0.395 e. The molecule has 2 atom stereocenters. The maximum absolute atomic E-state index is 10.3. The molecule has 0 spiro atoms. The van der Waals surface area contributed by atoms with Gasteiger partial charge in [-0.25, -0.2) is 0 Å². The Bertz CT molecular complexity index is 347. The van der Waals surface area contributed by atoms with Crippen LogP contribution in [0.25, 0.3) is 0 Å². The quantitative estimate of drug-likeness (QED) is 0.121. The fourth-order valence-corrected chi connectivity index (χ4v) is 3.49. The van der Waals surface area contributed by atoms with Gasteiger partial charge in [0.15, 0.2) is 0 Å². The molecule has 9 nitrogen and oxygen atoms in total. The van der Waals surface area contributed by atoms with Crippen LogP contribution in [0.2, 0.25) is 0 Å². The molecule has 10 heteroatoms. The molecule has 0 aromatic carbocycles. The monoisotopic (exact) mass is 444 g/mol. The van der Waals surface area contributed by atoms with Crippen LogP contribution in [-0.2, 0) is 26.5 Å². The third-order valence-electron chi connectivity index (χ3n) is 5.16. The van der Waals surface area contributed by atoms with Gasteiger partial charge in [0, 0.05) is 47.9 Å². The zero-order chi connectivity index (χ0) is 21.1. The van der Waals surface area contributed by atoms with Crippen molar-refractivity contribution in [1.29, 1.82) is 0 Å². The molecule has 0 aliphatic carbocycles. The van der Waals surface area contributed by atoms with E-state index in [2.05, 4.69) is 0 Å². The number of nitrogens with zero attached hydrogens (tertiary/aromatic N) is 2. The minimum absolute atomic E-state index is 0. The summed E-state index contributed by atoms with van der Waals surface area (Å²) >= 11 is 0. The Labute approximate surface area is 183 Å². The number of rotatable bonds is 16. The Hall–Kier alpha value is 0.354. The van der Waals surface area contributed by atoms with E-state index < -0.39 is 24.7 Å². The number of hydrogen-bond acceptors (Lipinski definition) is 9. The van der Waals surface area contributed by atoms with E-state index in [-0.39, 0.29) is 86.2 Å². The fraction of sp³-hybridized carbons (Fsp3) is 1.00. The zero-order valence-corrected chi connectivity index (χ0v) is 19.3. The smallest absolute Gasteiger partial charge is 0.149 e. The van der Waals surface area contributed by atoms with E-state index >= 15 is 0 Å².